The Bertz CT molecular complexity index is 539. The van der Waals surface area contributed by atoms with Gasteiger partial charge in [0.15, 0.2) is 0 Å². The first-order valence-electron chi connectivity index (χ1n) is 9.20. The Balaban J connectivity index is 1.80. The number of nitrogens with one attached hydrogen (secondary N) is 1. The number of amides is 2. The van der Waals surface area contributed by atoms with E-state index in [4.69, 9.17) is 5.11 Å². The van der Waals surface area contributed by atoms with Gasteiger partial charge in [-0.25, -0.2) is 0 Å². The fourth-order valence-corrected chi connectivity index (χ4v) is 3.46. The lowest BCUT2D eigenvalue weighted by Crippen LogP contribution is -2.37. The standard InChI is InChI=1S/C18H28N4O3/c19-13-15(14-22-9-2-1-5-16(22)7-12-23)18(25)20-8-4-11-21-10-3-6-17(21)24/h14,16,23H,1-12H2,(H,20,25)/b15-14-. The lowest BCUT2D eigenvalue weighted by atomic mass is 10.00. The van der Waals surface area contributed by atoms with E-state index < -0.39 is 0 Å². The Hall–Kier alpha value is -2.07. The second kappa shape index (κ2) is 10.0. The molecule has 1 unspecified atom stereocenters. The van der Waals surface area contributed by atoms with Gasteiger partial charge in [-0.1, -0.05) is 0 Å². The molecule has 2 aliphatic heterocycles. The highest BCUT2D eigenvalue weighted by molar-refractivity contribution is 5.97. The first-order chi connectivity index (χ1) is 12.2. The molecule has 2 fully saturated rings. The van der Waals surface area contributed by atoms with E-state index in [1.807, 2.05) is 15.9 Å². The monoisotopic (exact) mass is 348 g/mol. The molecule has 2 saturated heterocycles. The van der Waals surface area contributed by atoms with Crippen molar-refractivity contribution in [2.75, 3.05) is 32.8 Å². The molecule has 0 spiro atoms. The van der Waals surface area contributed by atoms with E-state index in [9.17, 15) is 14.9 Å². The summed E-state index contributed by atoms with van der Waals surface area (Å²) in [6.07, 6.45) is 7.63. The maximum absolute atomic E-state index is 12.2. The molecule has 2 heterocycles. The quantitative estimate of drug-likeness (QED) is 0.383. The van der Waals surface area contributed by atoms with Crippen LogP contribution in [0.5, 0.6) is 0 Å². The second-order valence-corrected chi connectivity index (χ2v) is 6.65. The maximum Gasteiger partial charge on any atom is 0.263 e. The number of aliphatic hydroxyl groups excluding tert-OH is 1. The van der Waals surface area contributed by atoms with Crippen LogP contribution < -0.4 is 5.32 Å². The summed E-state index contributed by atoms with van der Waals surface area (Å²) in [5.41, 5.74) is 0.0992. The van der Waals surface area contributed by atoms with E-state index in [0.717, 1.165) is 38.8 Å². The van der Waals surface area contributed by atoms with Crippen molar-refractivity contribution in [1.82, 2.24) is 15.1 Å². The van der Waals surface area contributed by atoms with Crippen molar-refractivity contribution in [3.05, 3.63) is 11.8 Å². The highest BCUT2D eigenvalue weighted by atomic mass is 16.3. The van der Waals surface area contributed by atoms with E-state index in [1.54, 1.807) is 6.20 Å². The topological polar surface area (TPSA) is 96.7 Å². The zero-order valence-electron chi connectivity index (χ0n) is 14.7. The molecule has 2 rings (SSSR count). The predicted molar refractivity (Wildman–Crippen MR) is 93.2 cm³/mol. The smallest absolute Gasteiger partial charge is 0.263 e. The van der Waals surface area contributed by atoms with Gasteiger partial charge in [0.05, 0.1) is 0 Å². The molecule has 2 amide bonds. The van der Waals surface area contributed by atoms with Crippen LogP contribution in [0.25, 0.3) is 0 Å². The summed E-state index contributed by atoms with van der Waals surface area (Å²) in [5.74, 6) is -0.187. The van der Waals surface area contributed by atoms with Crippen LogP contribution in [0, 0.1) is 11.3 Å². The van der Waals surface area contributed by atoms with Gasteiger partial charge >= 0.3 is 0 Å². The van der Waals surface area contributed by atoms with E-state index in [1.165, 1.54) is 0 Å². The van der Waals surface area contributed by atoms with Crippen LogP contribution in [0.4, 0.5) is 0 Å². The molecule has 25 heavy (non-hydrogen) atoms. The fraction of sp³-hybridized carbons (Fsp3) is 0.722. The third-order valence-corrected chi connectivity index (χ3v) is 4.86. The molecule has 0 bridgehead atoms. The van der Waals surface area contributed by atoms with Gasteiger partial charge in [0.1, 0.15) is 11.6 Å². The average molecular weight is 348 g/mol. The number of rotatable bonds is 8. The average Bonchev–Trinajstić information content (AvgIpc) is 3.03. The highest BCUT2D eigenvalue weighted by Crippen LogP contribution is 2.20. The Morgan fingerprint density at radius 2 is 2.20 bits per heavy atom. The highest BCUT2D eigenvalue weighted by Gasteiger charge is 2.22. The Morgan fingerprint density at radius 3 is 2.88 bits per heavy atom. The van der Waals surface area contributed by atoms with Crippen LogP contribution in [-0.4, -0.2) is 65.5 Å². The molecule has 0 radical (unpaired) electrons. The van der Waals surface area contributed by atoms with Gasteiger partial charge in [0.25, 0.3) is 5.91 Å². The maximum atomic E-state index is 12.2. The van der Waals surface area contributed by atoms with E-state index >= 15 is 0 Å². The number of nitriles is 1. The molecule has 7 heteroatoms. The third kappa shape index (κ3) is 5.75. The molecule has 0 aromatic carbocycles. The largest absolute Gasteiger partial charge is 0.396 e. The first-order valence-corrected chi connectivity index (χ1v) is 9.20. The van der Waals surface area contributed by atoms with Gasteiger partial charge in [-0.3, -0.25) is 9.59 Å². The van der Waals surface area contributed by atoms with Crippen molar-refractivity contribution in [2.24, 2.45) is 0 Å². The SMILES string of the molecule is N#C/C(=C/N1CCCCC1CCO)C(=O)NCCCN1CCCC1=O. The Morgan fingerprint density at radius 1 is 1.36 bits per heavy atom. The first kappa shape index (κ1) is 19.3. The van der Waals surface area contributed by atoms with Crippen LogP contribution in [0.2, 0.25) is 0 Å². The van der Waals surface area contributed by atoms with E-state index in [0.29, 0.717) is 32.4 Å². The minimum Gasteiger partial charge on any atom is -0.396 e. The van der Waals surface area contributed by atoms with Crippen LogP contribution in [0.3, 0.4) is 0 Å². The Labute approximate surface area is 149 Å². The van der Waals surface area contributed by atoms with Gasteiger partial charge in [-0.2, -0.15) is 5.26 Å². The van der Waals surface area contributed by atoms with Crippen molar-refractivity contribution in [2.45, 2.75) is 51.0 Å². The van der Waals surface area contributed by atoms with Crippen molar-refractivity contribution >= 4 is 11.8 Å². The molecule has 0 saturated carbocycles. The molecule has 0 aromatic rings. The summed E-state index contributed by atoms with van der Waals surface area (Å²) < 4.78 is 0. The van der Waals surface area contributed by atoms with Crippen LogP contribution in [-0.2, 0) is 9.59 Å². The van der Waals surface area contributed by atoms with Gasteiger partial charge in [0.2, 0.25) is 5.91 Å². The number of likely N-dealkylation sites (tertiary alicyclic amines) is 2. The number of piperidine rings is 1. The summed E-state index contributed by atoms with van der Waals surface area (Å²) in [4.78, 5) is 27.6. The van der Waals surface area contributed by atoms with Crippen molar-refractivity contribution < 1.29 is 14.7 Å². The van der Waals surface area contributed by atoms with Gasteiger partial charge in [-0.05, 0) is 38.5 Å². The minimum atomic E-state index is -0.372. The Kier molecular flexibility index (Phi) is 7.74. The van der Waals surface area contributed by atoms with Gasteiger partial charge in [0, 0.05) is 51.4 Å². The number of carbonyl (C=O) groups is 2. The van der Waals surface area contributed by atoms with E-state index in [2.05, 4.69) is 5.32 Å². The fourth-order valence-electron chi connectivity index (χ4n) is 3.46. The predicted octanol–water partition coefficient (Wildman–Crippen LogP) is 0.759. The van der Waals surface area contributed by atoms with Crippen molar-refractivity contribution in [1.29, 1.82) is 5.26 Å². The molecule has 2 aliphatic rings. The molecular formula is C18H28N4O3. The zero-order valence-corrected chi connectivity index (χ0v) is 14.7. The molecule has 1 atom stereocenters. The van der Waals surface area contributed by atoms with Crippen LogP contribution >= 0.6 is 0 Å². The van der Waals surface area contributed by atoms with Crippen LogP contribution in [0.1, 0.15) is 44.9 Å². The molecule has 2 N–H and O–H groups in total. The second-order valence-electron chi connectivity index (χ2n) is 6.65. The van der Waals surface area contributed by atoms with E-state index in [-0.39, 0.29) is 30.0 Å². The number of carbonyl (C=O) groups excluding carboxylic acids is 2. The zero-order chi connectivity index (χ0) is 18.1. The van der Waals surface area contributed by atoms with Crippen molar-refractivity contribution in [3.8, 4) is 6.07 Å². The van der Waals surface area contributed by atoms with Crippen molar-refractivity contribution in [3.63, 3.8) is 0 Å². The number of hydrogen-bond acceptors (Lipinski definition) is 5. The summed E-state index contributed by atoms with van der Waals surface area (Å²) >= 11 is 0. The van der Waals surface area contributed by atoms with Crippen LogP contribution in [0.15, 0.2) is 11.8 Å². The minimum absolute atomic E-state index is 0.0992. The summed E-state index contributed by atoms with van der Waals surface area (Å²) in [6, 6.07) is 2.17. The van der Waals surface area contributed by atoms with Gasteiger partial charge in [-0.15, -0.1) is 0 Å². The summed E-state index contributed by atoms with van der Waals surface area (Å²) in [5, 5.41) is 21.2. The number of aliphatic hydroxyl groups is 1. The normalized spacial score (nSPS) is 21.4. The molecule has 0 aromatic heterocycles. The molecular weight excluding hydrogens is 320 g/mol. The number of nitrogens with zero attached hydrogens (tertiary/aromatic N) is 3. The molecule has 138 valence electrons. The third-order valence-electron chi connectivity index (χ3n) is 4.86. The van der Waals surface area contributed by atoms with Gasteiger partial charge < -0.3 is 20.2 Å². The molecule has 0 aliphatic carbocycles. The lowest BCUT2D eigenvalue weighted by molar-refractivity contribution is -0.127. The molecule has 7 nitrogen and oxygen atoms in total. The summed E-state index contributed by atoms with van der Waals surface area (Å²) in [7, 11) is 0. The number of hydrogen-bond donors (Lipinski definition) is 2. The summed E-state index contributed by atoms with van der Waals surface area (Å²) in [6.45, 7) is 2.81. The lowest BCUT2D eigenvalue weighted by Gasteiger charge is -2.34.